The summed E-state index contributed by atoms with van der Waals surface area (Å²) in [7, 11) is 0. The minimum atomic E-state index is -0.304. The van der Waals surface area contributed by atoms with E-state index in [0.29, 0.717) is 11.4 Å². The third-order valence-corrected chi connectivity index (χ3v) is 6.44. The molecule has 1 amide bonds. The van der Waals surface area contributed by atoms with E-state index in [1.54, 1.807) is 28.9 Å². The van der Waals surface area contributed by atoms with Crippen LogP contribution in [0.25, 0.3) is 15.9 Å². The van der Waals surface area contributed by atoms with Crippen LogP contribution < -0.4 is 0 Å². The average Bonchev–Trinajstić information content (AvgIpc) is 3.41. The Morgan fingerprint density at radius 2 is 1.73 bits per heavy atom. The monoisotopic (exact) mass is 423 g/mol. The highest BCUT2D eigenvalue weighted by Gasteiger charge is 2.34. The molecule has 0 aliphatic heterocycles. The zero-order chi connectivity index (χ0) is 20.8. The van der Waals surface area contributed by atoms with E-state index in [-0.39, 0.29) is 23.6 Å². The van der Waals surface area contributed by atoms with Gasteiger partial charge in [-0.2, -0.15) is 5.10 Å². The van der Waals surface area contributed by atoms with Gasteiger partial charge in [0.2, 0.25) is 0 Å². The second-order valence-corrected chi connectivity index (χ2v) is 8.62. The number of halogens is 2. The highest BCUT2D eigenvalue weighted by molar-refractivity contribution is 7.20. The number of rotatable bonds is 5. The Morgan fingerprint density at radius 3 is 2.37 bits per heavy atom. The number of carbonyl (C=O) groups excluding carboxylic acids is 1. The average molecular weight is 423 g/mol. The first-order chi connectivity index (χ1) is 14.5. The molecule has 0 radical (unpaired) electrons. The standard InChI is InChI=1S/C23H19F2N3OS/c1-14-20-12-21(30-23(20)28(26-14)19-8-6-17(25)7-9-19)22(29)27(18-10-11-18)13-15-2-4-16(24)5-3-15/h2-9,12,18H,10-11,13H2,1H3. The number of aryl methyl sites for hydroxylation is 1. The lowest BCUT2D eigenvalue weighted by atomic mass is 10.2. The summed E-state index contributed by atoms with van der Waals surface area (Å²) in [5.41, 5.74) is 2.48. The van der Waals surface area contributed by atoms with Gasteiger partial charge in [-0.25, -0.2) is 13.5 Å². The quantitative estimate of drug-likeness (QED) is 0.426. The zero-order valence-electron chi connectivity index (χ0n) is 16.3. The molecule has 5 rings (SSSR count). The summed E-state index contributed by atoms with van der Waals surface area (Å²) in [4.78, 5) is 16.7. The fourth-order valence-electron chi connectivity index (χ4n) is 3.59. The molecule has 1 fully saturated rings. The first-order valence-corrected chi connectivity index (χ1v) is 10.6. The van der Waals surface area contributed by atoms with Crippen LogP contribution in [-0.2, 0) is 6.54 Å². The van der Waals surface area contributed by atoms with Crippen molar-refractivity contribution in [2.75, 3.05) is 0 Å². The Kier molecular flexibility index (Phi) is 4.62. The van der Waals surface area contributed by atoms with E-state index in [0.717, 1.165) is 40.0 Å². The van der Waals surface area contributed by atoms with Crippen LogP contribution in [0, 0.1) is 18.6 Å². The van der Waals surface area contributed by atoms with Crippen LogP contribution in [0.4, 0.5) is 8.78 Å². The fourth-order valence-corrected chi connectivity index (χ4v) is 4.73. The molecule has 2 heterocycles. The number of aromatic nitrogens is 2. The molecule has 0 spiro atoms. The first-order valence-electron chi connectivity index (χ1n) is 9.80. The second-order valence-electron chi connectivity index (χ2n) is 7.59. The van der Waals surface area contributed by atoms with Crippen LogP contribution in [0.3, 0.4) is 0 Å². The summed E-state index contributed by atoms with van der Waals surface area (Å²) in [6.07, 6.45) is 1.97. The van der Waals surface area contributed by atoms with E-state index in [9.17, 15) is 13.6 Å². The number of amides is 1. The molecular weight excluding hydrogens is 404 g/mol. The highest BCUT2D eigenvalue weighted by Crippen LogP contribution is 2.35. The summed E-state index contributed by atoms with van der Waals surface area (Å²) in [5.74, 6) is -0.608. The normalized spacial score (nSPS) is 13.7. The van der Waals surface area contributed by atoms with Crippen molar-refractivity contribution in [2.45, 2.75) is 32.4 Å². The molecule has 30 heavy (non-hydrogen) atoms. The maximum atomic E-state index is 13.4. The largest absolute Gasteiger partial charge is 0.331 e. The molecule has 1 aliphatic carbocycles. The van der Waals surface area contributed by atoms with Crippen molar-refractivity contribution in [1.82, 2.24) is 14.7 Å². The molecule has 152 valence electrons. The van der Waals surface area contributed by atoms with Crippen LogP contribution in [0.2, 0.25) is 0 Å². The van der Waals surface area contributed by atoms with Crippen molar-refractivity contribution < 1.29 is 13.6 Å². The minimum absolute atomic E-state index is 0.0203. The molecule has 0 atom stereocenters. The molecule has 2 aromatic carbocycles. The van der Waals surface area contributed by atoms with E-state index in [1.165, 1.54) is 35.6 Å². The third-order valence-electron chi connectivity index (χ3n) is 5.34. The number of thiophene rings is 1. The Bertz CT molecular complexity index is 1220. The molecule has 1 aliphatic rings. The Morgan fingerprint density at radius 1 is 1.10 bits per heavy atom. The number of carbonyl (C=O) groups is 1. The summed E-state index contributed by atoms with van der Waals surface area (Å²) in [6, 6.07) is 14.5. The second kappa shape index (κ2) is 7.32. The van der Waals surface area contributed by atoms with Gasteiger partial charge in [0.1, 0.15) is 16.5 Å². The van der Waals surface area contributed by atoms with Crippen molar-refractivity contribution in [3.8, 4) is 5.69 Å². The molecular formula is C23H19F2N3OS. The van der Waals surface area contributed by atoms with Gasteiger partial charge >= 0.3 is 0 Å². The summed E-state index contributed by atoms with van der Waals surface area (Å²) in [6.45, 7) is 2.36. The maximum Gasteiger partial charge on any atom is 0.264 e. The lowest BCUT2D eigenvalue weighted by Gasteiger charge is -2.22. The lowest BCUT2D eigenvalue weighted by molar-refractivity contribution is 0.0735. The SMILES string of the molecule is Cc1nn(-c2ccc(F)cc2)c2sc(C(=O)N(Cc3ccc(F)cc3)C3CC3)cc12. The van der Waals surface area contributed by atoms with Crippen molar-refractivity contribution in [1.29, 1.82) is 0 Å². The van der Waals surface area contributed by atoms with E-state index < -0.39 is 0 Å². The lowest BCUT2D eigenvalue weighted by Crippen LogP contribution is -2.32. The van der Waals surface area contributed by atoms with Crippen LogP contribution in [0.5, 0.6) is 0 Å². The summed E-state index contributed by atoms with van der Waals surface area (Å²) < 4.78 is 28.3. The summed E-state index contributed by atoms with van der Waals surface area (Å²) in [5, 5.41) is 5.48. The molecule has 4 aromatic rings. The van der Waals surface area contributed by atoms with Crippen molar-refractivity contribution in [3.63, 3.8) is 0 Å². The van der Waals surface area contributed by atoms with E-state index in [2.05, 4.69) is 5.10 Å². The molecule has 1 saturated carbocycles. The van der Waals surface area contributed by atoms with Crippen LogP contribution >= 0.6 is 11.3 Å². The van der Waals surface area contributed by atoms with Gasteiger partial charge in [-0.05, 0) is 67.8 Å². The molecule has 0 saturated heterocycles. The van der Waals surface area contributed by atoms with E-state index in [1.807, 2.05) is 17.9 Å². The number of benzene rings is 2. The van der Waals surface area contributed by atoms with Gasteiger partial charge in [-0.1, -0.05) is 12.1 Å². The predicted octanol–water partition coefficient (Wildman–Crippen LogP) is 5.48. The minimum Gasteiger partial charge on any atom is -0.331 e. The Hall–Kier alpha value is -3.06. The van der Waals surface area contributed by atoms with Gasteiger partial charge in [0.15, 0.2) is 0 Å². The Labute approximate surface area is 176 Å². The Balaban J connectivity index is 1.48. The number of hydrogen-bond acceptors (Lipinski definition) is 3. The molecule has 0 N–H and O–H groups in total. The third kappa shape index (κ3) is 3.50. The number of nitrogens with zero attached hydrogens (tertiary/aromatic N) is 3. The molecule has 0 unspecified atom stereocenters. The topological polar surface area (TPSA) is 38.1 Å². The smallest absolute Gasteiger partial charge is 0.264 e. The van der Waals surface area contributed by atoms with Crippen LogP contribution in [0.15, 0.2) is 54.6 Å². The van der Waals surface area contributed by atoms with Crippen LogP contribution in [0.1, 0.15) is 33.8 Å². The van der Waals surface area contributed by atoms with Gasteiger partial charge in [0.05, 0.1) is 16.3 Å². The first kappa shape index (κ1) is 18.9. The van der Waals surface area contributed by atoms with Crippen LogP contribution in [-0.4, -0.2) is 26.6 Å². The van der Waals surface area contributed by atoms with Gasteiger partial charge < -0.3 is 4.90 Å². The van der Waals surface area contributed by atoms with Gasteiger partial charge in [0.25, 0.3) is 5.91 Å². The number of fused-ring (bicyclic) bond motifs is 1. The van der Waals surface area contributed by atoms with Gasteiger partial charge in [-0.15, -0.1) is 11.3 Å². The van der Waals surface area contributed by atoms with E-state index >= 15 is 0 Å². The molecule has 2 aromatic heterocycles. The van der Waals surface area contributed by atoms with E-state index in [4.69, 9.17) is 0 Å². The highest BCUT2D eigenvalue weighted by atomic mass is 32.1. The maximum absolute atomic E-state index is 13.4. The molecule has 7 heteroatoms. The molecule has 4 nitrogen and oxygen atoms in total. The molecule has 0 bridgehead atoms. The van der Waals surface area contributed by atoms with Crippen molar-refractivity contribution in [3.05, 3.63) is 82.4 Å². The summed E-state index contributed by atoms with van der Waals surface area (Å²) >= 11 is 1.39. The number of hydrogen-bond donors (Lipinski definition) is 0. The van der Waals surface area contributed by atoms with Gasteiger partial charge in [0, 0.05) is 18.0 Å². The predicted molar refractivity (Wildman–Crippen MR) is 113 cm³/mol. The van der Waals surface area contributed by atoms with Crippen molar-refractivity contribution >= 4 is 27.5 Å². The van der Waals surface area contributed by atoms with Crippen molar-refractivity contribution in [2.24, 2.45) is 0 Å². The fraction of sp³-hybridized carbons (Fsp3) is 0.217. The van der Waals surface area contributed by atoms with Gasteiger partial charge in [-0.3, -0.25) is 4.79 Å². The zero-order valence-corrected chi connectivity index (χ0v) is 17.1.